The highest BCUT2D eigenvalue weighted by Gasteiger charge is 2.24. The van der Waals surface area contributed by atoms with E-state index in [2.05, 4.69) is 10.2 Å². The maximum absolute atomic E-state index is 13.6. The molecule has 0 N–H and O–H groups in total. The van der Waals surface area contributed by atoms with Crippen molar-refractivity contribution in [1.29, 1.82) is 0 Å². The predicted molar refractivity (Wildman–Crippen MR) is 107 cm³/mol. The van der Waals surface area contributed by atoms with E-state index in [1.807, 2.05) is 35.6 Å². The maximum atomic E-state index is 13.6. The molecule has 3 aromatic heterocycles. The summed E-state index contributed by atoms with van der Waals surface area (Å²) in [6, 6.07) is 7.50. The molecule has 0 bridgehead atoms. The third-order valence-electron chi connectivity index (χ3n) is 5.36. The van der Waals surface area contributed by atoms with Crippen LogP contribution in [0.2, 0.25) is 0 Å². The van der Waals surface area contributed by atoms with Crippen LogP contribution in [0.15, 0.2) is 29.1 Å². The van der Waals surface area contributed by atoms with Crippen LogP contribution in [-0.2, 0) is 12.8 Å². The summed E-state index contributed by atoms with van der Waals surface area (Å²) in [5, 5.41) is 9.43. The topological polar surface area (TPSA) is 61.4 Å². The predicted octanol–water partition coefficient (Wildman–Crippen LogP) is 3.68. The lowest BCUT2D eigenvalue weighted by molar-refractivity contribution is 0.414. The van der Waals surface area contributed by atoms with Crippen molar-refractivity contribution < 1.29 is 4.74 Å². The Hall–Kier alpha value is -2.67. The van der Waals surface area contributed by atoms with Crippen molar-refractivity contribution in [2.45, 2.75) is 39.0 Å². The molecule has 0 atom stereocenters. The Labute approximate surface area is 160 Å². The number of fused-ring (bicyclic) bond motifs is 5. The summed E-state index contributed by atoms with van der Waals surface area (Å²) in [6.07, 6.45) is 5.58. The van der Waals surface area contributed by atoms with Gasteiger partial charge < -0.3 is 4.74 Å². The van der Waals surface area contributed by atoms with Crippen LogP contribution < -0.4 is 10.3 Å². The number of methoxy groups -OCH3 is 1. The van der Waals surface area contributed by atoms with Crippen LogP contribution in [0, 0.1) is 6.92 Å². The molecule has 6 nitrogen and oxygen atoms in total. The first-order valence-electron chi connectivity index (χ1n) is 9.24. The molecule has 4 aromatic rings. The van der Waals surface area contributed by atoms with Crippen LogP contribution >= 0.6 is 11.3 Å². The molecular formula is C20H20N4O2S. The summed E-state index contributed by atoms with van der Waals surface area (Å²) in [5.74, 6) is 2.12. The van der Waals surface area contributed by atoms with Crippen LogP contribution in [0.4, 0.5) is 0 Å². The van der Waals surface area contributed by atoms with Gasteiger partial charge in [0.15, 0.2) is 0 Å². The second-order valence-corrected chi connectivity index (χ2v) is 8.05. The average molecular weight is 380 g/mol. The van der Waals surface area contributed by atoms with E-state index in [-0.39, 0.29) is 5.56 Å². The summed E-state index contributed by atoms with van der Waals surface area (Å²) in [5.41, 5.74) is 2.00. The molecule has 138 valence electrons. The molecule has 1 aliphatic rings. The zero-order valence-corrected chi connectivity index (χ0v) is 16.2. The Bertz CT molecular complexity index is 1220. The Morgan fingerprint density at radius 2 is 1.85 bits per heavy atom. The quantitative estimate of drug-likeness (QED) is 0.498. The lowest BCUT2D eigenvalue weighted by Gasteiger charge is -2.10. The molecule has 0 saturated heterocycles. The molecule has 0 amide bonds. The number of aryl methyl sites for hydroxylation is 3. The molecule has 0 saturated carbocycles. The van der Waals surface area contributed by atoms with E-state index in [9.17, 15) is 4.79 Å². The smallest absolute Gasteiger partial charge is 0.268 e. The highest BCUT2D eigenvalue weighted by Crippen LogP contribution is 2.35. The Kier molecular flexibility index (Phi) is 3.79. The minimum absolute atomic E-state index is 0.00512. The number of benzene rings is 1. The van der Waals surface area contributed by atoms with Crippen molar-refractivity contribution in [3.63, 3.8) is 0 Å². The van der Waals surface area contributed by atoms with Gasteiger partial charge in [0, 0.05) is 4.88 Å². The molecular weight excluding hydrogens is 360 g/mol. The molecule has 0 aliphatic heterocycles. The van der Waals surface area contributed by atoms with Gasteiger partial charge in [0.2, 0.25) is 5.78 Å². The van der Waals surface area contributed by atoms with E-state index < -0.39 is 0 Å². The summed E-state index contributed by atoms with van der Waals surface area (Å²) in [7, 11) is 1.63. The van der Waals surface area contributed by atoms with E-state index in [1.54, 1.807) is 23.0 Å². The van der Waals surface area contributed by atoms with Gasteiger partial charge >= 0.3 is 0 Å². The second-order valence-electron chi connectivity index (χ2n) is 6.97. The van der Waals surface area contributed by atoms with Gasteiger partial charge in [0.05, 0.1) is 18.2 Å². The van der Waals surface area contributed by atoms with E-state index in [1.165, 1.54) is 23.3 Å². The van der Waals surface area contributed by atoms with E-state index >= 15 is 0 Å². The molecule has 3 heterocycles. The Morgan fingerprint density at radius 3 is 2.63 bits per heavy atom. The van der Waals surface area contributed by atoms with Crippen molar-refractivity contribution in [1.82, 2.24) is 19.2 Å². The minimum atomic E-state index is -0.00512. The van der Waals surface area contributed by atoms with Crippen molar-refractivity contribution >= 4 is 27.3 Å². The van der Waals surface area contributed by atoms with Gasteiger partial charge in [-0.15, -0.1) is 21.5 Å². The maximum Gasteiger partial charge on any atom is 0.268 e. The number of rotatable bonds is 2. The Balaban J connectivity index is 1.90. The summed E-state index contributed by atoms with van der Waals surface area (Å²) >= 11 is 1.74. The zero-order chi connectivity index (χ0) is 18.5. The normalized spacial score (nSPS) is 14.4. The number of ether oxygens (including phenoxy) is 1. The number of hydrogen-bond donors (Lipinski definition) is 0. The van der Waals surface area contributed by atoms with Crippen LogP contribution in [0.25, 0.3) is 21.7 Å². The van der Waals surface area contributed by atoms with Crippen molar-refractivity contribution in [3.8, 4) is 11.4 Å². The molecule has 1 aromatic carbocycles. The standard InChI is InChI=1S/C20H20N4O2S/c1-12-21-22-20-23(12)19-17(15-6-4-3-5-7-16(15)27-19)18(25)24(20)13-8-10-14(26-2)11-9-13/h8-11H,3-7H2,1-2H3. The third-order valence-corrected chi connectivity index (χ3v) is 6.64. The first kappa shape index (κ1) is 16.5. The number of aromatic nitrogens is 4. The molecule has 1 aliphatic carbocycles. The molecule has 27 heavy (non-hydrogen) atoms. The number of nitrogens with zero attached hydrogens (tertiary/aromatic N) is 4. The van der Waals surface area contributed by atoms with Crippen molar-refractivity contribution in [3.05, 3.63) is 50.9 Å². The summed E-state index contributed by atoms with van der Waals surface area (Å²) in [4.78, 5) is 15.9. The van der Waals surface area contributed by atoms with Gasteiger partial charge in [-0.25, -0.2) is 4.57 Å². The average Bonchev–Trinajstić information content (AvgIpc) is 3.15. The first-order chi connectivity index (χ1) is 13.2. The molecule has 0 fully saturated rings. The molecule has 5 rings (SSSR count). The van der Waals surface area contributed by atoms with Crippen molar-refractivity contribution in [2.24, 2.45) is 0 Å². The van der Waals surface area contributed by atoms with E-state index in [0.717, 1.165) is 46.7 Å². The van der Waals surface area contributed by atoms with Crippen molar-refractivity contribution in [2.75, 3.05) is 7.11 Å². The highest BCUT2D eigenvalue weighted by atomic mass is 32.1. The first-order valence-corrected chi connectivity index (χ1v) is 10.1. The third kappa shape index (κ3) is 2.41. The van der Waals surface area contributed by atoms with Gasteiger partial charge in [0.1, 0.15) is 16.4 Å². The molecule has 0 unspecified atom stereocenters. The van der Waals surface area contributed by atoms with Crippen LogP contribution in [0.3, 0.4) is 0 Å². The van der Waals surface area contributed by atoms with Gasteiger partial charge in [-0.3, -0.25) is 9.20 Å². The van der Waals surface area contributed by atoms with Crippen LogP contribution in [-0.4, -0.2) is 26.3 Å². The number of thiophene rings is 1. The van der Waals surface area contributed by atoms with Crippen LogP contribution in [0.1, 0.15) is 35.5 Å². The summed E-state index contributed by atoms with van der Waals surface area (Å²) in [6.45, 7) is 1.94. The fourth-order valence-electron chi connectivity index (χ4n) is 4.01. The van der Waals surface area contributed by atoms with Gasteiger partial charge in [0.25, 0.3) is 5.56 Å². The SMILES string of the molecule is COc1ccc(-n2c(=O)c3c4c(sc3n3c(C)nnc23)CCCCC4)cc1. The molecule has 0 spiro atoms. The second kappa shape index (κ2) is 6.20. The van der Waals surface area contributed by atoms with Gasteiger partial charge in [-0.1, -0.05) is 6.42 Å². The lowest BCUT2D eigenvalue weighted by Crippen LogP contribution is -2.22. The lowest BCUT2D eigenvalue weighted by atomic mass is 10.1. The van der Waals surface area contributed by atoms with Gasteiger partial charge in [-0.2, -0.15) is 0 Å². The zero-order valence-electron chi connectivity index (χ0n) is 15.4. The minimum Gasteiger partial charge on any atom is -0.497 e. The fraction of sp³-hybridized carbons (Fsp3) is 0.350. The van der Waals surface area contributed by atoms with E-state index in [0.29, 0.717) is 5.78 Å². The van der Waals surface area contributed by atoms with E-state index in [4.69, 9.17) is 4.74 Å². The van der Waals surface area contributed by atoms with Crippen LogP contribution in [0.5, 0.6) is 5.75 Å². The fourth-order valence-corrected chi connectivity index (χ4v) is 5.43. The largest absolute Gasteiger partial charge is 0.497 e. The highest BCUT2D eigenvalue weighted by molar-refractivity contribution is 7.18. The number of hydrogen-bond acceptors (Lipinski definition) is 5. The molecule has 0 radical (unpaired) electrons. The Morgan fingerprint density at radius 1 is 1.07 bits per heavy atom. The molecule has 7 heteroatoms. The monoisotopic (exact) mass is 380 g/mol. The van der Waals surface area contributed by atoms with Gasteiger partial charge in [-0.05, 0) is 62.4 Å². The summed E-state index contributed by atoms with van der Waals surface area (Å²) < 4.78 is 8.96.